The van der Waals surface area contributed by atoms with Crippen molar-refractivity contribution >= 4 is 17.8 Å². The average Bonchev–Trinajstić information content (AvgIpc) is 2.91. The van der Waals surface area contributed by atoms with Crippen molar-refractivity contribution in [3.8, 4) is 11.4 Å². The lowest BCUT2D eigenvalue weighted by atomic mass is 10.2. The second-order valence-corrected chi connectivity index (χ2v) is 4.18. The minimum Gasteiger partial charge on any atom is -0.477 e. The summed E-state index contributed by atoms with van der Waals surface area (Å²) in [5, 5.41) is 15.7. The van der Waals surface area contributed by atoms with Crippen LogP contribution in [0.15, 0.2) is 42.1 Å². The molecule has 0 atom stereocenters. The number of hydrogen-bond acceptors (Lipinski definition) is 5. The molecule has 3 rings (SSSR count). The van der Waals surface area contributed by atoms with Gasteiger partial charge in [-0.15, -0.1) is 5.10 Å². The molecule has 22 heavy (non-hydrogen) atoms. The van der Waals surface area contributed by atoms with Crippen molar-refractivity contribution in [1.29, 1.82) is 0 Å². The summed E-state index contributed by atoms with van der Waals surface area (Å²) in [6.45, 7) is 4.00. The number of nitrogens with zero attached hydrogens (tertiary/aromatic N) is 3. The van der Waals surface area contributed by atoms with E-state index in [1.54, 1.807) is 0 Å². The minimum atomic E-state index is -1.14. The van der Waals surface area contributed by atoms with Gasteiger partial charge in [0, 0.05) is 12.0 Å². The van der Waals surface area contributed by atoms with Gasteiger partial charge in [0.2, 0.25) is 5.95 Å². The quantitative estimate of drug-likeness (QED) is 0.884. The number of carboxylic acid groups (broad SMARTS) is 1. The van der Waals surface area contributed by atoms with E-state index in [1.165, 1.54) is 6.08 Å². The molecule has 0 amide bonds. The molecule has 1 aromatic heterocycles. The molecule has 114 valence electrons. The number of carbonyl (C=O) groups is 2. The van der Waals surface area contributed by atoms with Crippen molar-refractivity contribution in [2.75, 3.05) is 5.32 Å². The molecule has 1 aromatic carbocycles. The first kappa shape index (κ1) is 15.4. The Labute approximate surface area is 127 Å². The van der Waals surface area contributed by atoms with E-state index in [0.717, 1.165) is 10.2 Å². The second-order valence-electron chi connectivity index (χ2n) is 4.18. The Balaban J connectivity index is 0.000000847. The molecule has 2 aromatic rings. The Morgan fingerprint density at radius 1 is 1.27 bits per heavy atom. The van der Waals surface area contributed by atoms with Gasteiger partial charge in [-0.1, -0.05) is 44.2 Å². The van der Waals surface area contributed by atoms with Crippen molar-refractivity contribution in [1.82, 2.24) is 14.8 Å². The van der Waals surface area contributed by atoms with E-state index in [4.69, 9.17) is 5.11 Å². The zero-order chi connectivity index (χ0) is 16.1. The molecule has 0 fully saturated rings. The number of nitrogens with one attached hydrogen (secondary N) is 1. The number of benzene rings is 1. The highest BCUT2D eigenvalue weighted by Crippen LogP contribution is 2.20. The standard InChI is InChI=1S/C13H10N4O3.C2H6/c18-10-7-6-9(12(19)20)14-13-15-11(16-17(10)13)8-4-2-1-3-5-8;1-2/h1-6H,7H2,(H,19,20)(H,14,15,16);1-2H3. The highest BCUT2D eigenvalue weighted by atomic mass is 16.4. The van der Waals surface area contributed by atoms with Crippen molar-refractivity contribution in [2.45, 2.75) is 20.3 Å². The van der Waals surface area contributed by atoms with Crippen LogP contribution in [0, 0.1) is 0 Å². The summed E-state index contributed by atoms with van der Waals surface area (Å²) in [5.41, 5.74) is 0.674. The van der Waals surface area contributed by atoms with E-state index in [0.29, 0.717) is 5.82 Å². The van der Waals surface area contributed by atoms with Gasteiger partial charge in [0.15, 0.2) is 5.82 Å². The molecule has 0 saturated heterocycles. The van der Waals surface area contributed by atoms with Gasteiger partial charge in [0.05, 0.1) is 0 Å². The van der Waals surface area contributed by atoms with E-state index in [1.807, 2.05) is 44.2 Å². The summed E-state index contributed by atoms with van der Waals surface area (Å²) < 4.78 is 1.09. The number of fused-ring (bicyclic) bond motifs is 1. The molecule has 7 heteroatoms. The van der Waals surface area contributed by atoms with E-state index in [-0.39, 0.29) is 24.0 Å². The van der Waals surface area contributed by atoms with Gasteiger partial charge in [0.1, 0.15) is 5.70 Å². The summed E-state index contributed by atoms with van der Waals surface area (Å²) in [6.07, 6.45) is 1.27. The van der Waals surface area contributed by atoms with Gasteiger partial charge >= 0.3 is 5.97 Å². The average molecular weight is 300 g/mol. The molecule has 0 bridgehead atoms. The van der Waals surface area contributed by atoms with Crippen LogP contribution in [-0.4, -0.2) is 31.7 Å². The maximum absolute atomic E-state index is 11.9. The summed E-state index contributed by atoms with van der Waals surface area (Å²) in [4.78, 5) is 27.1. The van der Waals surface area contributed by atoms with Crippen molar-refractivity contribution in [3.63, 3.8) is 0 Å². The molecular weight excluding hydrogens is 284 g/mol. The fourth-order valence-corrected chi connectivity index (χ4v) is 1.86. The van der Waals surface area contributed by atoms with Crippen LogP contribution in [0.3, 0.4) is 0 Å². The number of anilines is 1. The number of aliphatic carboxylic acids is 1. The molecule has 0 radical (unpaired) electrons. The maximum Gasteiger partial charge on any atom is 0.352 e. The molecule has 2 N–H and O–H groups in total. The molecule has 0 unspecified atom stereocenters. The van der Waals surface area contributed by atoms with Crippen LogP contribution in [0.2, 0.25) is 0 Å². The number of allylic oxidation sites excluding steroid dienone is 1. The minimum absolute atomic E-state index is 0.0424. The topological polar surface area (TPSA) is 97.1 Å². The lowest BCUT2D eigenvalue weighted by molar-refractivity contribution is -0.132. The largest absolute Gasteiger partial charge is 0.477 e. The van der Waals surface area contributed by atoms with Gasteiger partial charge in [-0.05, 0) is 6.08 Å². The van der Waals surface area contributed by atoms with Gasteiger partial charge in [-0.2, -0.15) is 9.67 Å². The number of carbonyl (C=O) groups excluding carboxylic acids is 1. The summed E-state index contributed by atoms with van der Waals surface area (Å²) in [7, 11) is 0. The van der Waals surface area contributed by atoms with Gasteiger partial charge in [-0.3, -0.25) is 4.79 Å². The number of aromatic nitrogens is 3. The van der Waals surface area contributed by atoms with Gasteiger partial charge in [0.25, 0.3) is 5.91 Å². The predicted octanol–water partition coefficient (Wildman–Crippen LogP) is 2.40. The first-order valence-electron chi connectivity index (χ1n) is 6.91. The Bertz CT molecular complexity index is 720. The van der Waals surface area contributed by atoms with Crippen molar-refractivity contribution in [3.05, 3.63) is 42.1 Å². The van der Waals surface area contributed by atoms with Crippen LogP contribution in [-0.2, 0) is 4.79 Å². The molecule has 7 nitrogen and oxygen atoms in total. The van der Waals surface area contributed by atoms with E-state index < -0.39 is 5.97 Å². The van der Waals surface area contributed by atoms with E-state index >= 15 is 0 Å². The third-order valence-corrected chi connectivity index (χ3v) is 2.83. The Hall–Kier alpha value is -2.96. The van der Waals surface area contributed by atoms with Gasteiger partial charge < -0.3 is 10.4 Å². The number of carboxylic acids is 1. The SMILES string of the molecule is CC.O=C(O)C1=CCC(=O)n2nc(-c3ccccc3)nc2N1. The van der Waals surface area contributed by atoms with Crippen LogP contribution in [0.25, 0.3) is 11.4 Å². The van der Waals surface area contributed by atoms with Gasteiger partial charge in [-0.25, -0.2) is 4.79 Å². The summed E-state index contributed by atoms with van der Waals surface area (Å²) in [6, 6.07) is 9.15. The molecule has 2 heterocycles. The summed E-state index contributed by atoms with van der Waals surface area (Å²) >= 11 is 0. The van der Waals surface area contributed by atoms with Crippen LogP contribution >= 0.6 is 0 Å². The smallest absolute Gasteiger partial charge is 0.352 e. The van der Waals surface area contributed by atoms with Crippen LogP contribution in [0.4, 0.5) is 5.95 Å². The maximum atomic E-state index is 11.9. The lowest BCUT2D eigenvalue weighted by Crippen LogP contribution is -2.14. The molecule has 1 aliphatic rings. The molecule has 0 spiro atoms. The molecule has 1 aliphatic heterocycles. The van der Waals surface area contributed by atoms with Crippen LogP contribution in [0.5, 0.6) is 0 Å². The number of hydrogen-bond donors (Lipinski definition) is 2. The third kappa shape index (κ3) is 3.03. The fourth-order valence-electron chi connectivity index (χ4n) is 1.86. The zero-order valence-corrected chi connectivity index (χ0v) is 12.3. The molecule has 0 aliphatic carbocycles. The van der Waals surface area contributed by atoms with Crippen molar-refractivity contribution in [2.24, 2.45) is 0 Å². The monoisotopic (exact) mass is 300 g/mol. The normalized spacial score (nSPS) is 13.0. The highest BCUT2D eigenvalue weighted by Gasteiger charge is 2.22. The Morgan fingerprint density at radius 2 is 1.95 bits per heavy atom. The van der Waals surface area contributed by atoms with Crippen LogP contribution in [0.1, 0.15) is 25.1 Å². The third-order valence-electron chi connectivity index (χ3n) is 2.83. The first-order chi connectivity index (χ1) is 10.6. The predicted molar refractivity (Wildman–Crippen MR) is 81.4 cm³/mol. The Kier molecular flexibility index (Phi) is 4.67. The van der Waals surface area contributed by atoms with Crippen LogP contribution < -0.4 is 5.32 Å². The Morgan fingerprint density at radius 3 is 2.59 bits per heavy atom. The zero-order valence-electron chi connectivity index (χ0n) is 12.3. The fraction of sp³-hybridized carbons (Fsp3) is 0.200. The summed E-state index contributed by atoms with van der Waals surface area (Å²) in [5.74, 6) is -0.998. The first-order valence-corrected chi connectivity index (χ1v) is 6.91. The van der Waals surface area contributed by atoms with E-state index in [9.17, 15) is 9.59 Å². The highest BCUT2D eigenvalue weighted by molar-refractivity contribution is 5.94. The lowest BCUT2D eigenvalue weighted by Gasteiger charge is -2.01. The molecular formula is C15H16N4O3. The van der Waals surface area contributed by atoms with Crippen molar-refractivity contribution < 1.29 is 14.7 Å². The van der Waals surface area contributed by atoms with E-state index in [2.05, 4.69) is 15.4 Å². The molecule has 0 saturated carbocycles. The second kappa shape index (κ2) is 6.66. The number of rotatable bonds is 2.